The Morgan fingerprint density at radius 3 is 2.48 bits per heavy atom. The number of likely N-dealkylation sites (tertiary alicyclic amines) is 1. The number of nitriles is 1. The van der Waals surface area contributed by atoms with Crippen molar-refractivity contribution in [1.82, 2.24) is 24.8 Å². The molecule has 4 heterocycles. The molecule has 0 saturated carbocycles. The monoisotopic (exact) mass is 414 g/mol. The van der Waals surface area contributed by atoms with E-state index in [4.69, 9.17) is 10.2 Å². The van der Waals surface area contributed by atoms with Gasteiger partial charge < -0.3 is 10.2 Å². The molecule has 1 fully saturated rings. The Kier molecular flexibility index (Phi) is 6.34. The molecule has 1 saturated heterocycles. The first-order valence-electron chi connectivity index (χ1n) is 10.4. The SMILES string of the molecule is CN(C)c1ncc(CN2CCC(c3cccc(Nc4ccc(C#N)nc4)n3)CC2)cn1. The molecule has 1 aliphatic rings. The van der Waals surface area contributed by atoms with Crippen LogP contribution in [0, 0.1) is 11.3 Å². The maximum Gasteiger partial charge on any atom is 0.224 e. The number of hydrogen-bond acceptors (Lipinski definition) is 8. The zero-order valence-corrected chi connectivity index (χ0v) is 17.9. The summed E-state index contributed by atoms with van der Waals surface area (Å²) in [4.78, 5) is 22.1. The highest BCUT2D eigenvalue weighted by Crippen LogP contribution is 2.28. The van der Waals surface area contributed by atoms with E-state index in [0.29, 0.717) is 11.6 Å². The third-order valence-electron chi connectivity index (χ3n) is 5.42. The van der Waals surface area contributed by atoms with Gasteiger partial charge >= 0.3 is 0 Å². The molecular formula is C23H26N8. The first kappa shape index (κ1) is 20.7. The van der Waals surface area contributed by atoms with Crippen LogP contribution in [0.4, 0.5) is 17.5 Å². The van der Waals surface area contributed by atoms with Crippen LogP contribution in [0.15, 0.2) is 48.9 Å². The predicted octanol–water partition coefficient (Wildman–Crippen LogP) is 3.33. The molecule has 8 nitrogen and oxygen atoms in total. The summed E-state index contributed by atoms with van der Waals surface area (Å²) in [5, 5.41) is 12.2. The summed E-state index contributed by atoms with van der Waals surface area (Å²) in [5.41, 5.74) is 3.48. The first-order chi connectivity index (χ1) is 15.1. The number of nitrogens with zero attached hydrogens (tertiary/aromatic N) is 7. The topological polar surface area (TPSA) is 93.9 Å². The van der Waals surface area contributed by atoms with Gasteiger partial charge in [-0.25, -0.2) is 19.9 Å². The van der Waals surface area contributed by atoms with Crippen LogP contribution < -0.4 is 10.2 Å². The molecule has 0 atom stereocenters. The second-order valence-electron chi connectivity index (χ2n) is 7.95. The molecule has 158 valence electrons. The molecular weight excluding hydrogens is 388 g/mol. The fraction of sp³-hybridized carbons (Fsp3) is 0.348. The van der Waals surface area contributed by atoms with Crippen LogP contribution in [0.25, 0.3) is 0 Å². The predicted molar refractivity (Wildman–Crippen MR) is 120 cm³/mol. The van der Waals surface area contributed by atoms with E-state index in [1.54, 1.807) is 12.3 Å². The highest BCUT2D eigenvalue weighted by Gasteiger charge is 2.22. The molecule has 0 aromatic carbocycles. The second kappa shape index (κ2) is 9.49. The van der Waals surface area contributed by atoms with Crippen LogP contribution in [0.5, 0.6) is 0 Å². The molecule has 0 bridgehead atoms. The Morgan fingerprint density at radius 1 is 1.06 bits per heavy atom. The number of hydrogen-bond donors (Lipinski definition) is 1. The van der Waals surface area contributed by atoms with Crippen LogP contribution in [-0.2, 0) is 6.54 Å². The Morgan fingerprint density at radius 2 is 1.84 bits per heavy atom. The van der Waals surface area contributed by atoms with Crippen LogP contribution in [-0.4, -0.2) is 52.0 Å². The molecule has 3 aromatic heterocycles. The Balaban J connectivity index is 1.33. The van der Waals surface area contributed by atoms with Crippen molar-refractivity contribution in [2.75, 3.05) is 37.4 Å². The molecule has 1 N–H and O–H groups in total. The molecule has 3 aromatic rings. The van der Waals surface area contributed by atoms with E-state index in [2.05, 4.69) is 31.2 Å². The standard InChI is InChI=1S/C23H26N8/c1-30(2)23-26-13-17(14-27-23)16-31-10-8-18(9-11-31)21-4-3-5-22(29-21)28-20-7-6-19(12-24)25-15-20/h3-7,13-15,18H,8-11,16H2,1-2H3,(H,28,29). The van der Waals surface area contributed by atoms with Crippen molar-refractivity contribution in [3.8, 4) is 6.07 Å². The second-order valence-corrected chi connectivity index (χ2v) is 7.95. The van der Waals surface area contributed by atoms with Crippen LogP contribution in [0.1, 0.15) is 35.7 Å². The normalized spacial score (nSPS) is 14.7. The highest BCUT2D eigenvalue weighted by molar-refractivity contribution is 5.55. The van der Waals surface area contributed by atoms with Crippen LogP contribution in [0.3, 0.4) is 0 Å². The van der Waals surface area contributed by atoms with Crippen LogP contribution in [0.2, 0.25) is 0 Å². The van der Waals surface area contributed by atoms with Gasteiger partial charge in [-0.05, 0) is 50.2 Å². The summed E-state index contributed by atoms with van der Waals surface area (Å²) in [6.07, 6.45) is 7.64. The lowest BCUT2D eigenvalue weighted by molar-refractivity contribution is 0.203. The molecule has 0 spiro atoms. The Labute approximate surface area is 182 Å². The highest BCUT2D eigenvalue weighted by atomic mass is 15.2. The fourth-order valence-electron chi connectivity index (χ4n) is 3.74. The number of nitrogens with one attached hydrogen (secondary N) is 1. The van der Waals surface area contributed by atoms with E-state index >= 15 is 0 Å². The van der Waals surface area contributed by atoms with E-state index < -0.39 is 0 Å². The van der Waals surface area contributed by atoms with E-state index in [-0.39, 0.29) is 0 Å². The van der Waals surface area contributed by atoms with Gasteiger partial charge in [0.25, 0.3) is 0 Å². The molecule has 1 aliphatic heterocycles. The largest absolute Gasteiger partial charge is 0.347 e. The number of rotatable bonds is 6. The Bertz CT molecular complexity index is 1030. The minimum atomic E-state index is 0.402. The fourth-order valence-corrected chi connectivity index (χ4v) is 3.74. The van der Waals surface area contributed by atoms with Gasteiger partial charge in [-0.15, -0.1) is 0 Å². The van der Waals surface area contributed by atoms with E-state index in [9.17, 15) is 0 Å². The van der Waals surface area contributed by atoms with E-state index in [1.807, 2.05) is 55.7 Å². The van der Waals surface area contributed by atoms with Gasteiger partial charge in [0.15, 0.2) is 0 Å². The first-order valence-corrected chi connectivity index (χ1v) is 10.4. The molecule has 0 unspecified atom stereocenters. The maximum absolute atomic E-state index is 8.87. The van der Waals surface area contributed by atoms with Crippen molar-refractivity contribution in [1.29, 1.82) is 5.26 Å². The van der Waals surface area contributed by atoms with Crippen LogP contribution >= 0.6 is 0 Å². The molecule has 31 heavy (non-hydrogen) atoms. The van der Waals surface area contributed by atoms with Crippen molar-refractivity contribution in [3.05, 3.63) is 65.9 Å². The van der Waals surface area contributed by atoms with Crippen molar-refractivity contribution in [3.63, 3.8) is 0 Å². The Hall–Kier alpha value is -3.57. The number of aromatic nitrogens is 4. The molecule has 0 amide bonds. The average Bonchev–Trinajstić information content (AvgIpc) is 2.81. The third kappa shape index (κ3) is 5.32. The summed E-state index contributed by atoms with van der Waals surface area (Å²) in [5.74, 6) is 1.98. The average molecular weight is 415 g/mol. The summed E-state index contributed by atoms with van der Waals surface area (Å²) in [6, 6.07) is 11.7. The summed E-state index contributed by atoms with van der Waals surface area (Å²) in [7, 11) is 3.89. The van der Waals surface area contributed by atoms with Gasteiger partial charge in [0.05, 0.1) is 11.9 Å². The maximum atomic E-state index is 8.87. The van der Waals surface area contributed by atoms with Gasteiger partial charge in [0.2, 0.25) is 5.95 Å². The zero-order valence-electron chi connectivity index (χ0n) is 17.9. The van der Waals surface area contributed by atoms with Crippen molar-refractivity contribution < 1.29 is 0 Å². The van der Waals surface area contributed by atoms with Gasteiger partial charge in [0.1, 0.15) is 17.6 Å². The molecule has 4 rings (SSSR count). The molecule has 0 aliphatic carbocycles. The smallest absolute Gasteiger partial charge is 0.224 e. The quantitative estimate of drug-likeness (QED) is 0.656. The minimum Gasteiger partial charge on any atom is -0.347 e. The summed E-state index contributed by atoms with van der Waals surface area (Å²) < 4.78 is 0. The third-order valence-corrected chi connectivity index (χ3v) is 5.42. The van der Waals surface area contributed by atoms with Gasteiger partial charge in [-0.3, -0.25) is 4.90 Å². The molecule has 0 radical (unpaired) electrons. The van der Waals surface area contributed by atoms with Gasteiger partial charge in [-0.1, -0.05) is 6.07 Å². The summed E-state index contributed by atoms with van der Waals surface area (Å²) >= 11 is 0. The lowest BCUT2D eigenvalue weighted by Gasteiger charge is -2.31. The van der Waals surface area contributed by atoms with Gasteiger partial charge in [-0.2, -0.15) is 5.26 Å². The zero-order chi connectivity index (χ0) is 21.6. The van der Waals surface area contributed by atoms with Gasteiger partial charge in [0, 0.05) is 50.2 Å². The number of pyridine rings is 2. The van der Waals surface area contributed by atoms with E-state index in [0.717, 1.165) is 61.2 Å². The lowest BCUT2D eigenvalue weighted by atomic mass is 9.93. The van der Waals surface area contributed by atoms with Crippen molar-refractivity contribution in [2.45, 2.75) is 25.3 Å². The minimum absolute atomic E-state index is 0.402. The van der Waals surface area contributed by atoms with Crippen molar-refractivity contribution in [2.24, 2.45) is 0 Å². The lowest BCUT2D eigenvalue weighted by Crippen LogP contribution is -2.32. The van der Waals surface area contributed by atoms with E-state index in [1.165, 1.54) is 0 Å². The van der Waals surface area contributed by atoms with Crippen molar-refractivity contribution >= 4 is 17.5 Å². The molecule has 8 heteroatoms. The summed E-state index contributed by atoms with van der Waals surface area (Å²) in [6.45, 7) is 2.93. The number of anilines is 3. The number of piperidine rings is 1.